The molecule has 0 unspecified atom stereocenters. The predicted octanol–water partition coefficient (Wildman–Crippen LogP) is 9.26. The smallest absolute Gasteiger partial charge is 0.416 e. The third kappa shape index (κ3) is 13.1. The van der Waals surface area contributed by atoms with Crippen LogP contribution in [0, 0.1) is 5.82 Å². The molecule has 0 aliphatic carbocycles. The monoisotopic (exact) mass is 460 g/mol. The summed E-state index contributed by atoms with van der Waals surface area (Å²) in [5.41, 5.74) is -1.73. The van der Waals surface area contributed by atoms with Crippen LogP contribution in [0.4, 0.5) is 17.6 Å². The van der Waals surface area contributed by atoms with E-state index in [-0.39, 0.29) is 6.61 Å². The number of esters is 1. The number of rotatable bonds is 18. The molecule has 0 saturated heterocycles. The van der Waals surface area contributed by atoms with Crippen molar-refractivity contribution in [1.82, 2.24) is 0 Å². The Morgan fingerprint density at radius 3 is 1.62 bits per heavy atom. The molecule has 0 amide bonds. The van der Waals surface area contributed by atoms with Gasteiger partial charge in [-0.2, -0.15) is 13.2 Å². The molecule has 32 heavy (non-hydrogen) atoms. The molecule has 2 nitrogen and oxygen atoms in total. The number of alkyl halides is 3. The van der Waals surface area contributed by atoms with Gasteiger partial charge in [-0.15, -0.1) is 0 Å². The van der Waals surface area contributed by atoms with Gasteiger partial charge in [0.25, 0.3) is 0 Å². The number of hydrogen-bond donors (Lipinski definition) is 0. The van der Waals surface area contributed by atoms with Crippen molar-refractivity contribution in [3.8, 4) is 0 Å². The van der Waals surface area contributed by atoms with E-state index in [1.54, 1.807) is 0 Å². The number of benzene rings is 1. The van der Waals surface area contributed by atoms with Crippen molar-refractivity contribution in [2.75, 3.05) is 6.61 Å². The average molecular weight is 461 g/mol. The van der Waals surface area contributed by atoms with Crippen molar-refractivity contribution in [3.63, 3.8) is 0 Å². The van der Waals surface area contributed by atoms with Gasteiger partial charge in [-0.25, -0.2) is 9.18 Å². The number of carbonyl (C=O) groups is 1. The normalized spacial score (nSPS) is 11.7. The molecule has 0 fully saturated rings. The van der Waals surface area contributed by atoms with Crippen LogP contribution in [0.5, 0.6) is 0 Å². The lowest BCUT2D eigenvalue weighted by atomic mass is 10.0. The van der Waals surface area contributed by atoms with Crippen molar-refractivity contribution in [3.05, 3.63) is 35.1 Å². The van der Waals surface area contributed by atoms with Crippen LogP contribution in [0.25, 0.3) is 0 Å². The summed E-state index contributed by atoms with van der Waals surface area (Å²) in [4.78, 5) is 11.9. The fourth-order valence-corrected chi connectivity index (χ4v) is 3.75. The van der Waals surface area contributed by atoms with E-state index in [4.69, 9.17) is 4.74 Å². The zero-order valence-electron chi connectivity index (χ0n) is 19.6. The zero-order valence-corrected chi connectivity index (χ0v) is 19.6. The Bertz CT molecular complexity index is 629. The van der Waals surface area contributed by atoms with Crippen molar-refractivity contribution in [1.29, 1.82) is 0 Å². The predicted molar refractivity (Wildman–Crippen MR) is 121 cm³/mol. The third-order valence-electron chi connectivity index (χ3n) is 5.74. The van der Waals surface area contributed by atoms with Gasteiger partial charge in [0.15, 0.2) is 0 Å². The molecule has 1 aromatic carbocycles. The number of carbonyl (C=O) groups excluding carboxylic acids is 1. The number of hydrogen-bond acceptors (Lipinski definition) is 2. The summed E-state index contributed by atoms with van der Waals surface area (Å²) in [6.07, 6.45) is 15.0. The van der Waals surface area contributed by atoms with E-state index in [2.05, 4.69) is 6.92 Å². The highest BCUT2D eigenvalue weighted by atomic mass is 19.4. The van der Waals surface area contributed by atoms with Crippen LogP contribution in [0.3, 0.4) is 0 Å². The van der Waals surface area contributed by atoms with E-state index in [0.717, 1.165) is 19.3 Å². The second-order valence-electron chi connectivity index (χ2n) is 8.63. The van der Waals surface area contributed by atoms with Crippen LogP contribution in [-0.4, -0.2) is 12.6 Å². The fourth-order valence-electron chi connectivity index (χ4n) is 3.75. The molecular weight excluding hydrogens is 420 g/mol. The van der Waals surface area contributed by atoms with Gasteiger partial charge in [-0.3, -0.25) is 0 Å². The Morgan fingerprint density at radius 1 is 0.750 bits per heavy atom. The Kier molecular flexibility index (Phi) is 15.1. The Balaban J connectivity index is 1.98. The lowest BCUT2D eigenvalue weighted by molar-refractivity contribution is -0.137. The highest BCUT2D eigenvalue weighted by Crippen LogP contribution is 2.30. The highest BCUT2D eigenvalue weighted by Gasteiger charge is 2.32. The zero-order chi connectivity index (χ0) is 23.7. The molecule has 6 heteroatoms. The number of halogens is 4. The van der Waals surface area contributed by atoms with Gasteiger partial charge in [0.1, 0.15) is 5.82 Å². The maximum absolute atomic E-state index is 13.7. The first kappa shape index (κ1) is 28.4. The molecule has 0 aliphatic heterocycles. The Morgan fingerprint density at radius 2 is 1.19 bits per heavy atom. The summed E-state index contributed by atoms with van der Waals surface area (Å²) in [7, 11) is 0. The van der Waals surface area contributed by atoms with Crippen molar-refractivity contribution >= 4 is 5.97 Å². The molecule has 1 rings (SSSR count). The first-order chi connectivity index (χ1) is 15.4. The molecule has 0 atom stereocenters. The van der Waals surface area contributed by atoms with E-state index in [0.29, 0.717) is 24.6 Å². The lowest BCUT2D eigenvalue weighted by Gasteiger charge is -2.10. The second kappa shape index (κ2) is 17.0. The van der Waals surface area contributed by atoms with Crippen LogP contribution in [0.1, 0.15) is 126 Å². The first-order valence-electron chi connectivity index (χ1n) is 12.4. The molecule has 0 N–H and O–H groups in total. The summed E-state index contributed by atoms with van der Waals surface area (Å²) in [5, 5.41) is 0. The Labute approximate surface area is 191 Å². The topological polar surface area (TPSA) is 26.3 Å². The van der Waals surface area contributed by atoms with Gasteiger partial charge >= 0.3 is 12.1 Å². The second-order valence-corrected chi connectivity index (χ2v) is 8.63. The largest absolute Gasteiger partial charge is 0.462 e. The van der Waals surface area contributed by atoms with E-state index in [1.165, 1.54) is 77.0 Å². The average Bonchev–Trinajstić information content (AvgIpc) is 2.75. The van der Waals surface area contributed by atoms with E-state index in [9.17, 15) is 22.4 Å². The molecule has 184 valence electrons. The third-order valence-corrected chi connectivity index (χ3v) is 5.74. The Hall–Kier alpha value is -1.59. The summed E-state index contributed by atoms with van der Waals surface area (Å²) < 4.78 is 56.7. The maximum Gasteiger partial charge on any atom is 0.416 e. The first-order valence-corrected chi connectivity index (χ1v) is 12.4. The molecule has 1 aromatic rings. The van der Waals surface area contributed by atoms with Crippen LogP contribution in [0.15, 0.2) is 18.2 Å². The van der Waals surface area contributed by atoms with Gasteiger partial charge in [0, 0.05) is 0 Å². The molecule has 0 aliphatic rings. The van der Waals surface area contributed by atoms with Crippen molar-refractivity contribution < 1.29 is 27.1 Å². The van der Waals surface area contributed by atoms with Gasteiger partial charge in [0.2, 0.25) is 0 Å². The van der Waals surface area contributed by atoms with E-state index >= 15 is 0 Å². The van der Waals surface area contributed by atoms with E-state index < -0.39 is 29.1 Å². The molecule has 0 radical (unpaired) electrons. The molecule has 0 saturated carbocycles. The number of ether oxygens (including phenoxy) is 1. The van der Waals surface area contributed by atoms with Crippen LogP contribution in [0.2, 0.25) is 0 Å². The van der Waals surface area contributed by atoms with Crippen LogP contribution >= 0.6 is 0 Å². The highest BCUT2D eigenvalue weighted by molar-refractivity contribution is 5.90. The summed E-state index contributed by atoms with van der Waals surface area (Å²) in [5.74, 6) is -2.05. The molecular formula is C26H40F4O2. The SMILES string of the molecule is CCCCCCCCCCCCCCCCCCOC(=O)c1cc(C(F)(F)F)ccc1F. The lowest BCUT2D eigenvalue weighted by Crippen LogP contribution is -2.12. The summed E-state index contributed by atoms with van der Waals surface area (Å²) >= 11 is 0. The standard InChI is InChI=1S/C26H40F4O2/c1-2-3-4-5-6-7-8-9-10-11-12-13-14-15-16-17-20-32-25(31)23-21-22(26(28,29)30)18-19-24(23)27/h18-19,21H,2-17,20H2,1H3. The van der Waals surface area contributed by atoms with Gasteiger partial charge in [-0.1, -0.05) is 103 Å². The summed E-state index contributed by atoms with van der Waals surface area (Å²) in [6, 6.07) is 1.76. The van der Waals surface area contributed by atoms with Crippen molar-refractivity contribution in [2.45, 2.75) is 116 Å². The summed E-state index contributed by atoms with van der Waals surface area (Å²) in [6.45, 7) is 2.33. The minimum Gasteiger partial charge on any atom is -0.462 e. The minimum atomic E-state index is -4.63. The van der Waals surface area contributed by atoms with Crippen LogP contribution in [-0.2, 0) is 10.9 Å². The van der Waals surface area contributed by atoms with Gasteiger partial charge < -0.3 is 4.74 Å². The quantitative estimate of drug-likeness (QED) is 0.124. The molecule has 0 spiro atoms. The fraction of sp³-hybridized carbons (Fsp3) is 0.731. The van der Waals surface area contributed by atoms with E-state index in [1.807, 2.05) is 0 Å². The van der Waals surface area contributed by atoms with Gasteiger partial charge in [-0.05, 0) is 24.6 Å². The maximum atomic E-state index is 13.7. The van der Waals surface area contributed by atoms with Crippen LogP contribution < -0.4 is 0 Å². The minimum absolute atomic E-state index is 0.0902. The molecule has 0 bridgehead atoms. The molecule has 0 heterocycles. The van der Waals surface area contributed by atoms with Gasteiger partial charge in [0.05, 0.1) is 17.7 Å². The van der Waals surface area contributed by atoms with Crippen molar-refractivity contribution in [2.24, 2.45) is 0 Å². The number of unbranched alkanes of at least 4 members (excludes halogenated alkanes) is 15. The molecule has 0 aromatic heterocycles.